The molecule has 0 radical (unpaired) electrons. The topological polar surface area (TPSA) is 121 Å². The first kappa shape index (κ1) is 35.3. The molecule has 1 amide bonds. The summed E-state index contributed by atoms with van der Waals surface area (Å²) in [6.07, 6.45) is 9.55. The molecule has 1 atom stereocenters. The molecule has 2 aliphatic rings. The molecule has 1 aliphatic heterocycles. The number of hydrogen-bond donors (Lipinski definition) is 4. The number of alkyl halides is 3. The molecule has 1 saturated carbocycles. The second kappa shape index (κ2) is 16.2. The van der Waals surface area contributed by atoms with Crippen LogP contribution in [0.2, 0.25) is 0 Å². The first-order valence-electron chi connectivity index (χ1n) is 15.9. The van der Waals surface area contributed by atoms with Crippen molar-refractivity contribution >= 4 is 17.5 Å². The number of allylic oxidation sites excluding steroid dienone is 2. The number of nitrogens with two attached hydrogens (primary N) is 2. The average molecular weight is 618 g/mol. The van der Waals surface area contributed by atoms with Crippen molar-refractivity contribution < 1.29 is 18.0 Å². The molecule has 6 N–H and O–H groups in total. The number of nitrogens with one attached hydrogen (secondary N) is 2. The summed E-state index contributed by atoms with van der Waals surface area (Å²) in [6.45, 7) is 9.74. The predicted octanol–water partition coefficient (Wildman–Crippen LogP) is 6.05. The van der Waals surface area contributed by atoms with Gasteiger partial charge < -0.3 is 16.0 Å². The highest BCUT2D eigenvalue weighted by Gasteiger charge is 2.51. The maximum Gasteiger partial charge on any atom is 0.416 e. The van der Waals surface area contributed by atoms with Gasteiger partial charge in [-0.15, -0.1) is 0 Å². The third-order valence-corrected chi connectivity index (χ3v) is 8.75. The van der Waals surface area contributed by atoms with Crippen LogP contribution < -0.4 is 22.4 Å². The summed E-state index contributed by atoms with van der Waals surface area (Å²) in [5.41, 5.74) is 8.50. The molecule has 1 spiro atoms. The van der Waals surface area contributed by atoms with Gasteiger partial charge in [0, 0.05) is 18.2 Å². The van der Waals surface area contributed by atoms with E-state index in [4.69, 9.17) is 16.6 Å². The van der Waals surface area contributed by atoms with Crippen molar-refractivity contribution in [2.45, 2.75) is 103 Å². The Balaban J connectivity index is 1.81. The van der Waals surface area contributed by atoms with E-state index in [1.54, 1.807) is 0 Å². The molecule has 0 unspecified atom stereocenters. The Morgan fingerprint density at radius 1 is 1.16 bits per heavy atom. The fourth-order valence-corrected chi connectivity index (χ4v) is 6.41. The number of benzene rings is 1. The lowest BCUT2D eigenvalue weighted by atomic mass is 9.76. The smallest absolute Gasteiger partial charge is 0.385 e. The van der Waals surface area contributed by atoms with E-state index < -0.39 is 17.4 Å². The summed E-state index contributed by atoms with van der Waals surface area (Å²) in [4.78, 5) is 21.2. The Kier molecular flexibility index (Phi) is 13.0. The number of amides is 1. The fraction of sp³-hybridized carbons (Fsp3) is 0.606. The van der Waals surface area contributed by atoms with E-state index >= 15 is 0 Å². The molecule has 44 heavy (non-hydrogen) atoms. The molecule has 1 aromatic rings. The third-order valence-electron chi connectivity index (χ3n) is 8.75. The van der Waals surface area contributed by atoms with Gasteiger partial charge in [-0.2, -0.15) is 18.3 Å². The molecule has 8 nitrogen and oxygen atoms in total. The van der Waals surface area contributed by atoms with E-state index in [1.165, 1.54) is 17.7 Å². The van der Waals surface area contributed by atoms with Gasteiger partial charge in [0.15, 0.2) is 0 Å². The van der Waals surface area contributed by atoms with Crippen LogP contribution in [0.25, 0.3) is 0 Å². The van der Waals surface area contributed by atoms with Crippen molar-refractivity contribution in [3.05, 3.63) is 59.2 Å². The highest BCUT2D eigenvalue weighted by molar-refractivity contribution is 6.46. The highest BCUT2D eigenvalue weighted by atomic mass is 19.4. The van der Waals surface area contributed by atoms with Gasteiger partial charge >= 0.3 is 6.18 Å². The van der Waals surface area contributed by atoms with Crippen LogP contribution in [-0.4, -0.2) is 47.1 Å². The molecule has 0 bridgehead atoms. The molecule has 244 valence electrons. The number of carbonyl (C=O) groups excluding carboxylic acids is 1. The number of nitrogens with zero attached hydrogens (tertiary/aromatic N) is 3. The summed E-state index contributed by atoms with van der Waals surface area (Å²) in [5.74, 6) is 6.48. The molecule has 3 rings (SSSR count). The lowest BCUT2D eigenvalue weighted by molar-refractivity contribution is -0.137. The monoisotopic (exact) mass is 617 g/mol. The van der Waals surface area contributed by atoms with Gasteiger partial charge in [0.25, 0.3) is 5.91 Å². The van der Waals surface area contributed by atoms with Gasteiger partial charge in [-0.3, -0.25) is 9.79 Å². The lowest BCUT2D eigenvalue weighted by Gasteiger charge is -2.45. The van der Waals surface area contributed by atoms with Crippen LogP contribution in [0.5, 0.6) is 0 Å². The van der Waals surface area contributed by atoms with E-state index in [1.807, 2.05) is 4.90 Å². The second-order valence-corrected chi connectivity index (χ2v) is 12.2. The molecule has 0 saturated heterocycles. The van der Waals surface area contributed by atoms with Crippen molar-refractivity contribution in [1.29, 1.82) is 0 Å². The van der Waals surface area contributed by atoms with Gasteiger partial charge in [-0.05, 0) is 75.3 Å². The van der Waals surface area contributed by atoms with E-state index in [2.05, 4.69) is 61.9 Å². The quantitative estimate of drug-likeness (QED) is 0.0628. The standard InChI is InChI=1S/C33H50F3N7O/c1-5-9-24(21-39-22-29(37)41-42-38)11-7-8-12-28(10-6-2)43-31(44)30(26-13-15-27(16-14-26)33(34,35)36)40-32(43)19-17-25(18-20-32)23(3)4/h7-9,13-16,23,25,28,39,42H,5-6,10-12,17-22,38H2,1-4H3,(H2,37,41)/b8-7-,24-9+/t25?,28-,32?/m1/s1. The van der Waals surface area contributed by atoms with Crippen LogP contribution >= 0.6 is 0 Å². The second-order valence-electron chi connectivity index (χ2n) is 12.2. The largest absolute Gasteiger partial charge is 0.416 e. The van der Waals surface area contributed by atoms with E-state index in [-0.39, 0.29) is 17.7 Å². The number of rotatable bonds is 15. The van der Waals surface area contributed by atoms with Gasteiger partial charge in [0.2, 0.25) is 0 Å². The van der Waals surface area contributed by atoms with Crippen molar-refractivity contribution in [3.8, 4) is 0 Å². The number of aliphatic imine (C=N–C) groups is 1. The van der Waals surface area contributed by atoms with E-state index in [9.17, 15) is 18.0 Å². The summed E-state index contributed by atoms with van der Waals surface area (Å²) in [5, 5.41) is 7.02. The molecular formula is C33H50F3N7O. The normalized spacial score (nSPS) is 22.4. The number of halogens is 3. The number of hydrazone groups is 1. The zero-order valence-electron chi connectivity index (χ0n) is 26.6. The third kappa shape index (κ3) is 9.17. The Hall–Kier alpha value is -3.18. The van der Waals surface area contributed by atoms with Crippen LogP contribution in [0, 0.1) is 11.8 Å². The highest BCUT2D eigenvalue weighted by Crippen LogP contribution is 2.45. The Morgan fingerprint density at radius 2 is 1.84 bits per heavy atom. The van der Waals surface area contributed by atoms with Crippen molar-refractivity contribution in [2.24, 2.45) is 33.5 Å². The summed E-state index contributed by atoms with van der Waals surface area (Å²) in [7, 11) is 0. The fourth-order valence-electron chi connectivity index (χ4n) is 6.41. The lowest BCUT2D eigenvalue weighted by Crippen LogP contribution is -2.54. The van der Waals surface area contributed by atoms with Gasteiger partial charge in [0.05, 0.1) is 12.1 Å². The molecule has 0 aromatic heterocycles. The average Bonchev–Trinajstić information content (AvgIpc) is 3.25. The molecular weight excluding hydrogens is 567 g/mol. The maximum absolute atomic E-state index is 14.1. The number of carbonyl (C=O) groups is 1. The van der Waals surface area contributed by atoms with Crippen LogP contribution in [0.4, 0.5) is 13.2 Å². The van der Waals surface area contributed by atoms with Gasteiger partial charge in [0.1, 0.15) is 17.2 Å². The summed E-state index contributed by atoms with van der Waals surface area (Å²) in [6, 6.07) is 4.77. The Morgan fingerprint density at radius 3 is 2.41 bits per heavy atom. The van der Waals surface area contributed by atoms with Crippen molar-refractivity contribution in [2.75, 3.05) is 13.1 Å². The predicted molar refractivity (Wildman–Crippen MR) is 172 cm³/mol. The summed E-state index contributed by atoms with van der Waals surface area (Å²) < 4.78 is 39.7. The minimum atomic E-state index is -4.44. The van der Waals surface area contributed by atoms with Gasteiger partial charge in [-0.1, -0.05) is 70.0 Å². The first-order valence-corrected chi connectivity index (χ1v) is 15.9. The SMILES string of the molecule is CC/C=C(\C/C=C\C[C@@H](CCC)N1C(=O)C(c2ccc(C(F)(F)F)cc2)=NC12CCC(C(C)C)CC2)CNC/C(N)=N/NN. The molecule has 1 heterocycles. The number of hydrogen-bond acceptors (Lipinski definition) is 6. The van der Waals surface area contributed by atoms with Crippen LogP contribution in [0.15, 0.2) is 58.2 Å². The molecule has 1 aromatic carbocycles. The Labute approximate surface area is 260 Å². The number of hydrazine groups is 1. The zero-order valence-corrected chi connectivity index (χ0v) is 26.6. The maximum atomic E-state index is 14.1. The molecule has 11 heteroatoms. The number of amidine groups is 1. The molecule has 1 fully saturated rings. The van der Waals surface area contributed by atoms with Crippen molar-refractivity contribution in [1.82, 2.24) is 15.8 Å². The van der Waals surface area contributed by atoms with Crippen LogP contribution in [-0.2, 0) is 11.0 Å². The van der Waals surface area contributed by atoms with Crippen LogP contribution in [0.3, 0.4) is 0 Å². The minimum Gasteiger partial charge on any atom is -0.385 e. The van der Waals surface area contributed by atoms with Crippen molar-refractivity contribution in [3.63, 3.8) is 0 Å². The minimum absolute atomic E-state index is 0.0634. The van der Waals surface area contributed by atoms with Gasteiger partial charge in [-0.25, -0.2) is 11.4 Å². The van der Waals surface area contributed by atoms with Crippen LogP contribution in [0.1, 0.15) is 96.6 Å². The van der Waals surface area contributed by atoms with E-state index in [0.29, 0.717) is 42.7 Å². The Bertz CT molecular complexity index is 1200. The molecule has 1 aliphatic carbocycles. The summed E-state index contributed by atoms with van der Waals surface area (Å²) >= 11 is 0. The zero-order chi connectivity index (χ0) is 32.3. The van der Waals surface area contributed by atoms with E-state index in [0.717, 1.165) is 63.5 Å². The first-order chi connectivity index (χ1) is 21.0.